The Labute approximate surface area is 150 Å². The van der Waals surface area contributed by atoms with Crippen molar-refractivity contribution >= 4 is 10.8 Å². The lowest BCUT2D eigenvalue weighted by molar-refractivity contribution is 0.862. The molecule has 0 fully saturated rings. The van der Waals surface area contributed by atoms with E-state index >= 15 is 0 Å². The molecule has 0 saturated carbocycles. The monoisotopic (exact) mass is 342 g/mol. The van der Waals surface area contributed by atoms with E-state index in [2.05, 4.69) is 24.3 Å². The van der Waals surface area contributed by atoms with E-state index in [1.807, 2.05) is 36.7 Å². The maximum absolute atomic E-state index is 11.8. The average molecular weight is 342 g/mol. The number of hydrogen-bond donors (Lipinski definition) is 0. The first-order chi connectivity index (χ1) is 12.5. The van der Waals surface area contributed by atoms with E-state index in [0.717, 1.165) is 33.0 Å². The van der Waals surface area contributed by atoms with Crippen molar-refractivity contribution < 1.29 is 0 Å². The number of pyridine rings is 2. The lowest BCUT2D eigenvalue weighted by Gasteiger charge is -2.13. The molecular weight excluding hydrogens is 324 g/mol. The summed E-state index contributed by atoms with van der Waals surface area (Å²) in [6.07, 6.45) is 3.71. The molecule has 0 spiro atoms. The van der Waals surface area contributed by atoms with Gasteiger partial charge in [0, 0.05) is 38.6 Å². The Morgan fingerprint density at radius 2 is 1.08 bits per heavy atom. The fourth-order valence-corrected chi connectivity index (χ4v) is 3.33. The molecule has 0 bridgehead atoms. The molecule has 2 aromatic heterocycles. The summed E-state index contributed by atoms with van der Waals surface area (Å²) in [5.74, 6) is 0. The van der Waals surface area contributed by atoms with Crippen LogP contribution in [0.15, 0.2) is 82.6 Å². The van der Waals surface area contributed by atoms with E-state index in [1.165, 1.54) is 0 Å². The molecule has 4 rings (SSSR count). The van der Waals surface area contributed by atoms with E-state index in [4.69, 9.17) is 0 Å². The predicted octanol–water partition coefficient (Wildman–Crippen LogP) is 3.57. The summed E-state index contributed by atoms with van der Waals surface area (Å²) in [4.78, 5) is 23.5. The summed E-state index contributed by atoms with van der Waals surface area (Å²) < 4.78 is 3.17. The first kappa shape index (κ1) is 16.1. The van der Waals surface area contributed by atoms with Crippen LogP contribution >= 0.6 is 0 Å². The number of aryl methyl sites for hydroxylation is 2. The minimum Gasteiger partial charge on any atom is -0.318 e. The zero-order chi connectivity index (χ0) is 18.3. The molecule has 4 heteroatoms. The number of rotatable bonds is 2. The number of benzene rings is 2. The molecule has 0 radical (unpaired) electrons. The van der Waals surface area contributed by atoms with E-state index in [9.17, 15) is 9.59 Å². The van der Waals surface area contributed by atoms with Gasteiger partial charge in [0.05, 0.1) is 0 Å². The van der Waals surface area contributed by atoms with Gasteiger partial charge in [-0.25, -0.2) is 0 Å². The molecule has 0 atom stereocenters. The number of nitrogens with zero attached hydrogens (tertiary/aromatic N) is 2. The summed E-state index contributed by atoms with van der Waals surface area (Å²) in [5.41, 5.74) is 4.01. The maximum Gasteiger partial charge on any atom is 0.250 e. The minimum absolute atomic E-state index is 0.0349. The molecule has 0 aliphatic rings. The second kappa shape index (κ2) is 6.15. The van der Waals surface area contributed by atoms with Crippen molar-refractivity contribution in [2.45, 2.75) is 0 Å². The topological polar surface area (TPSA) is 44.0 Å². The summed E-state index contributed by atoms with van der Waals surface area (Å²) in [6, 6.07) is 19.2. The predicted molar refractivity (Wildman–Crippen MR) is 105 cm³/mol. The molecule has 0 unspecified atom stereocenters. The van der Waals surface area contributed by atoms with Gasteiger partial charge < -0.3 is 9.13 Å². The highest BCUT2D eigenvalue weighted by molar-refractivity contribution is 6.06. The SMILES string of the molecule is Cn1cc(-c2cccc3cccc(-c4ccc(=O)n(C)c4)c23)ccc1=O. The van der Waals surface area contributed by atoms with Gasteiger partial charge in [-0.1, -0.05) is 36.4 Å². The van der Waals surface area contributed by atoms with Gasteiger partial charge in [0.25, 0.3) is 0 Å². The van der Waals surface area contributed by atoms with Crippen molar-refractivity contribution in [3.8, 4) is 22.3 Å². The molecule has 2 aromatic carbocycles. The zero-order valence-electron chi connectivity index (χ0n) is 14.6. The third-order valence-electron chi connectivity index (χ3n) is 4.70. The number of aromatic nitrogens is 2. The fraction of sp³-hybridized carbons (Fsp3) is 0.0909. The highest BCUT2D eigenvalue weighted by Crippen LogP contribution is 2.35. The smallest absolute Gasteiger partial charge is 0.250 e. The van der Waals surface area contributed by atoms with Crippen molar-refractivity contribution in [3.63, 3.8) is 0 Å². The Bertz CT molecular complexity index is 1150. The van der Waals surface area contributed by atoms with E-state index in [-0.39, 0.29) is 11.1 Å². The summed E-state index contributed by atoms with van der Waals surface area (Å²) in [7, 11) is 3.51. The summed E-state index contributed by atoms with van der Waals surface area (Å²) >= 11 is 0. The van der Waals surface area contributed by atoms with Gasteiger partial charge >= 0.3 is 0 Å². The third-order valence-corrected chi connectivity index (χ3v) is 4.70. The molecule has 4 aromatic rings. The summed E-state index contributed by atoms with van der Waals surface area (Å²) in [5, 5.41) is 2.22. The maximum atomic E-state index is 11.8. The van der Waals surface area contributed by atoms with Crippen LogP contribution in [-0.2, 0) is 14.1 Å². The average Bonchev–Trinajstić information content (AvgIpc) is 2.65. The van der Waals surface area contributed by atoms with Crippen molar-refractivity contribution in [1.29, 1.82) is 0 Å². The largest absolute Gasteiger partial charge is 0.318 e. The van der Waals surface area contributed by atoms with Crippen molar-refractivity contribution in [3.05, 3.63) is 93.8 Å². The molecule has 2 heterocycles. The van der Waals surface area contributed by atoms with Crippen molar-refractivity contribution in [2.75, 3.05) is 0 Å². The molecule has 0 amide bonds. The van der Waals surface area contributed by atoms with Gasteiger partial charge in [0.15, 0.2) is 0 Å². The lowest BCUT2D eigenvalue weighted by Crippen LogP contribution is -2.14. The Balaban J connectivity index is 2.06. The van der Waals surface area contributed by atoms with Crippen molar-refractivity contribution in [1.82, 2.24) is 9.13 Å². The van der Waals surface area contributed by atoms with Crippen LogP contribution in [-0.4, -0.2) is 9.13 Å². The van der Waals surface area contributed by atoms with Gasteiger partial charge in [-0.05, 0) is 45.2 Å². The van der Waals surface area contributed by atoms with Crippen LogP contribution in [0.2, 0.25) is 0 Å². The van der Waals surface area contributed by atoms with Crippen molar-refractivity contribution in [2.24, 2.45) is 14.1 Å². The number of hydrogen-bond acceptors (Lipinski definition) is 2. The van der Waals surface area contributed by atoms with Gasteiger partial charge in [-0.3, -0.25) is 9.59 Å². The quantitative estimate of drug-likeness (QED) is 0.559. The molecule has 0 N–H and O–H groups in total. The van der Waals surface area contributed by atoms with Crippen LogP contribution in [0.4, 0.5) is 0 Å². The van der Waals surface area contributed by atoms with Crippen LogP contribution in [0.3, 0.4) is 0 Å². The van der Waals surface area contributed by atoms with Gasteiger partial charge in [0.1, 0.15) is 0 Å². The van der Waals surface area contributed by atoms with Crippen LogP contribution in [0.1, 0.15) is 0 Å². The highest BCUT2D eigenvalue weighted by Gasteiger charge is 2.11. The van der Waals surface area contributed by atoms with Gasteiger partial charge in [-0.2, -0.15) is 0 Å². The molecule has 128 valence electrons. The first-order valence-electron chi connectivity index (χ1n) is 8.40. The zero-order valence-corrected chi connectivity index (χ0v) is 14.6. The fourth-order valence-electron chi connectivity index (χ4n) is 3.33. The molecule has 26 heavy (non-hydrogen) atoms. The van der Waals surface area contributed by atoms with Crippen LogP contribution in [0.5, 0.6) is 0 Å². The first-order valence-corrected chi connectivity index (χ1v) is 8.40. The van der Waals surface area contributed by atoms with Gasteiger partial charge in [0.2, 0.25) is 11.1 Å². The standard InChI is InChI=1S/C22H18N2O2/c1-23-13-16(9-11-20(23)25)18-7-3-5-15-6-4-8-19(22(15)18)17-10-12-21(26)24(2)14-17/h3-14H,1-2H3. The Morgan fingerprint density at radius 3 is 1.50 bits per heavy atom. The van der Waals surface area contributed by atoms with E-state index < -0.39 is 0 Å². The normalized spacial score (nSPS) is 11.0. The van der Waals surface area contributed by atoms with E-state index in [0.29, 0.717) is 0 Å². The molecular formula is C22H18N2O2. The highest BCUT2D eigenvalue weighted by atomic mass is 16.1. The van der Waals surface area contributed by atoms with Crippen LogP contribution < -0.4 is 11.1 Å². The number of fused-ring (bicyclic) bond motifs is 1. The minimum atomic E-state index is -0.0349. The van der Waals surface area contributed by atoms with Gasteiger partial charge in [-0.15, -0.1) is 0 Å². The second-order valence-electron chi connectivity index (χ2n) is 6.44. The van der Waals surface area contributed by atoms with Crippen LogP contribution in [0.25, 0.3) is 33.0 Å². The summed E-state index contributed by atoms with van der Waals surface area (Å²) in [6.45, 7) is 0. The lowest BCUT2D eigenvalue weighted by atomic mass is 9.92. The van der Waals surface area contributed by atoms with Crippen LogP contribution in [0, 0.1) is 0 Å². The Morgan fingerprint density at radius 1 is 0.615 bits per heavy atom. The third kappa shape index (κ3) is 2.65. The molecule has 0 aliphatic carbocycles. The van der Waals surface area contributed by atoms with E-state index in [1.54, 1.807) is 35.4 Å². The molecule has 4 nitrogen and oxygen atoms in total. The second-order valence-corrected chi connectivity index (χ2v) is 6.44. The Kier molecular flexibility index (Phi) is 3.81. The molecule has 0 aliphatic heterocycles. The Hall–Kier alpha value is -3.40. The molecule has 0 saturated heterocycles.